The molecule has 0 aliphatic carbocycles. The van der Waals surface area contributed by atoms with Crippen LogP contribution in [0.25, 0.3) is 6.08 Å². The lowest BCUT2D eigenvalue weighted by Crippen LogP contribution is -2.62. The molecule has 2 atom stereocenters. The molecule has 78 valence electrons. The third-order valence-electron chi connectivity index (χ3n) is 2.44. The SMILES string of the molecule is CO[C@@H]1C(=O)N[C@@H]1/C=C/c1ccccc1. The molecular weight excluding hydrogens is 190 g/mol. The van der Waals surface area contributed by atoms with Gasteiger partial charge in [-0.2, -0.15) is 0 Å². The quantitative estimate of drug-likeness (QED) is 0.750. The molecule has 1 aliphatic rings. The zero-order valence-corrected chi connectivity index (χ0v) is 8.51. The van der Waals surface area contributed by atoms with E-state index in [-0.39, 0.29) is 18.1 Å². The van der Waals surface area contributed by atoms with Gasteiger partial charge in [-0.05, 0) is 5.56 Å². The summed E-state index contributed by atoms with van der Waals surface area (Å²) in [5.74, 6) is -0.0415. The van der Waals surface area contributed by atoms with E-state index in [0.717, 1.165) is 5.56 Å². The highest BCUT2D eigenvalue weighted by molar-refractivity contribution is 5.89. The van der Waals surface area contributed by atoms with Gasteiger partial charge in [0.05, 0.1) is 6.04 Å². The fourth-order valence-corrected chi connectivity index (χ4v) is 1.57. The van der Waals surface area contributed by atoms with Crippen LogP contribution in [-0.2, 0) is 9.53 Å². The highest BCUT2D eigenvalue weighted by Crippen LogP contribution is 2.12. The number of rotatable bonds is 3. The maximum Gasteiger partial charge on any atom is 0.252 e. The van der Waals surface area contributed by atoms with Crippen LogP contribution in [-0.4, -0.2) is 25.2 Å². The number of ether oxygens (including phenoxy) is 1. The molecule has 15 heavy (non-hydrogen) atoms. The molecule has 1 aliphatic heterocycles. The maximum absolute atomic E-state index is 11.0. The minimum Gasteiger partial charge on any atom is -0.369 e. The van der Waals surface area contributed by atoms with Gasteiger partial charge in [0.2, 0.25) is 0 Å². The predicted octanol–water partition coefficient (Wildman–Crippen LogP) is 1.21. The number of methoxy groups -OCH3 is 1. The molecule has 0 saturated carbocycles. The van der Waals surface area contributed by atoms with E-state index in [4.69, 9.17) is 4.74 Å². The van der Waals surface area contributed by atoms with Gasteiger partial charge in [0.25, 0.3) is 5.91 Å². The molecule has 0 unspecified atom stereocenters. The number of benzene rings is 1. The molecule has 3 nitrogen and oxygen atoms in total. The number of amides is 1. The molecule has 0 bridgehead atoms. The fourth-order valence-electron chi connectivity index (χ4n) is 1.57. The normalized spacial score (nSPS) is 25.0. The van der Waals surface area contributed by atoms with Crippen molar-refractivity contribution in [1.29, 1.82) is 0 Å². The molecule has 0 spiro atoms. The van der Waals surface area contributed by atoms with Crippen LogP contribution in [0.3, 0.4) is 0 Å². The first-order valence-electron chi connectivity index (χ1n) is 4.87. The third kappa shape index (κ3) is 2.07. The Bertz CT molecular complexity index is 372. The zero-order valence-electron chi connectivity index (χ0n) is 8.51. The summed E-state index contributed by atoms with van der Waals surface area (Å²) in [6, 6.07) is 9.96. The Morgan fingerprint density at radius 3 is 2.67 bits per heavy atom. The molecule has 1 aromatic rings. The number of β-lactam (4-membered cyclic amide) rings is 1. The van der Waals surface area contributed by atoms with Crippen molar-refractivity contribution in [2.45, 2.75) is 12.1 Å². The smallest absolute Gasteiger partial charge is 0.252 e. The van der Waals surface area contributed by atoms with Crippen LogP contribution >= 0.6 is 0 Å². The number of hydrogen-bond acceptors (Lipinski definition) is 2. The predicted molar refractivity (Wildman–Crippen MR) is 58.2 cm³/mol. The molecule has 2 rings (SSSR count). The van der Waals surface area contributed by atoms with Gasteiger partial charge < -0.3 is 10.1 Å². The summed E-state index contributed by atoms with van der Waals surface area (Å²) in [7, 11) is 1.55. The Hall–Kier alpha value is -1.61. The van der Waals surface area contributed by atoms with Crippen LogP contribution in [0.2, 0.25) is 0 Å². The van der Waals surface area contributed by atoms with Gasteiger partial charge in [0.15, 0.2) is 6.10 Å². The molecule has 0 aromatic heterocycles. The summed E-state index contributed by atoms with van der Waals surface area (Å²) in [6.07, 6.45) is 3.60. The Kier molecular flexibility index (Phi) is 2.83. The van der Waals surface area contributed by atoms with Gasteiger partial charge in [-0.15, -0.1) is 0 Å². The van der Waals surface area contributed by atoms with Crippen LogP contribution in [0.5, 0.6) is 0 Å². The topological polar surface area (TPSA) is 38.3 Å². The average molecular weight is 203 g/mol. The first kappa shape index (κ1) is 9.93. The summed E-state index contributed by atoms with van der Waals surface area (Å²) in [5, 5.41) is 2.76. The van der Waals surface area contributed by atoms with Crippen molar-refractivity contribution in [2.75, 3.05) is 7.11 Å². The van der Waals surface area contributed by atoms with Gasteiger partial charge in [0, 0.05) is 7.11 Å². The van der Waals surface area contributed by atoms with E-state index < -0.39 is 0 Å². The van der Waals surface area contributed by atoms with Gasteiger partial charge in [0.1, 0.15) is 0 Å². The molecule has 3 heteroatoms. The van der Waals surface area contributed by atoms with Crippen LogP contribution in [0.4, 0.5) is 0 Å². The van der Waals surface area contributed by atoms with Crippen molar-refractivity contribution >= 4 is 12.0 Å². The molecule has 1 saturated heterocycles. The van der Waals surface area contributed by atoms with Gasteiger partial charge >= 0.3 is 0 Å². The van der Waals surface area contributed by atoms with Crippen LogP contribution in [0, 0.1) is 0 Å². The first-order chi connectivity index (χ1) is 7.31. The van der Waals surface area contributed by atoms with E-state index in [0.29, 0.717) is 0 Å². The summed E-state index contributed by atoms with van der Waals surface area (Å²) >= 11 is 0. The molecular formula is C12H13NO2. The fraction of sp³-hybridized carbons (Fsp3) is 0.250. The summed E-state index contributed by atoms with van der Waals surface area (Å²) in [4.78, 5) is 11.0. The molecule has 1 heterocycles. The lowest BCUT2D eigenvalue weighted by molar-refractivity contribution is -0.142. The second-order valence-electron chi connectivity index (χ2n) is 3.46. The number of carbonyl (C=O) groups is 1. The van der Waals surface area contributed by atoms with Crippen LogP contribution < -0.4 is 5.32 Å². The minimum absolute atomic E-state index is 0.00251. The molecule has 1 N–H and O–H groups in total. The van der Waals surface area contributed by atoms with Crippen molar-refractivity contribution in [3.63, 3.8) is 0 Å². The Morgan fingerprint density at radius 1 is 1.33 bits per heavy atom. The lowest BCUT2D eigenvalue weighted by atomic mass is 10.0. The van der Waals surface area contributed by atoms with Crippen molar-refractivity contribution in [3.05, 3.63) is 42.0 Å². The zero-order chi connectivity index (χ0) is 10.7. The van der Waals surface area contributed by atoms with Crippen molar-refractivity contribution in [2.24, 2.45) is 0 Å². The van der Waals surface area contributed by atoms with E-state index >= 15 is 0 Å². The summed E-state index contributed by atoms with van der Waals surface area (Å²) in [5.41, 5.74) is 1.12. The van der Waals surface area contributed by atoms with E-state index in [2.05, 4.69) is 5.32 Å². The molecule has 1 aromatic carbocycles. The highest BCUT2D eigenvalue weighted by atomic mass is 16.5. The summed E-state index contributed by atoms with van der Waals surface area (Å²) < 4.78 is 5.04. The van der Waals surface area contributed by atoms with Gasteiger partial charge in [-0.25, -0.2) is 0 Å². The number of carbonyl (C=O) groups excluding carboxylic acids is 1. The van der Waals surface area contributed by atoms with E-state index in [1.165, 1.54) is 0 Å². The first-order valence-corrected chi connectivity index (χ1v) is 4.87. The highest BCUT2D eigenvalue weighted by Gasteiger charge is 2.37. The maximum atomic E-state index is 11.0. The van der Waals surface area contributed by atoms with Crippen LogP contribution in [0.1, 0.15) is 5.56 Å². The Balaban J connectivity index is 1.98. The molecule has 0 radical (unpaired) electrons. The lowest BCUT2D eigenvalue weighted by Gasteiger charge is -2.33. The van der Waals surface area contributed by atoms with Gasteiger partial charge in [-0.1, -0.05) is 42.5 Å². The van der Waals surface area contributed by atoms with Crippen LogP contribution in [0.15, 0.2) is 36.4 Å². The molecule has 1 amide bonds. The van der Waals surface area contributed by atoms with E-state index in [1.807, 2.05) is 42.5 Å². The second kappa shape index (κ2) is 4.28. The average Bonchev–Trinajstić information content (AvgIpc) is 2.26. The van der Waals surface area contributed by atoms with E-state index in [9.17, 15) is 4.79 Å². The largest absolute Gasteiger partial charge is 0.369 e. The standard InChI is InChI=1S/C12H13NO2/c1-15-11-10(13-12(11)14)8-7-9-5-3-2-4-6-9/h2-8,10-11H,1H3,(H,13,14)/b8-7+/t10-,11+/m1/s1. The monoisotopic (exact) mass is 203 g/mol. The number of hydrogen-bond donors (Lipinski definition) is 1. The second-order valence-corrected chi connectivity index (χ2v) is 3.46. The van der Waals surface area contributed by atoms with Crippen molar-refractivity contribution in [1.82, 2.24) is 5.32 Å². The molecule has 1 fully saturated rings. The van der Waals surface area contributed by atoms with Crippen molar-refractivity contribution in [3.8, 4) is 0 Å². The minimum atomic E-state index is -0.329. The van der Waals surface area contributed by atoms with Crippen molar-refractivity contribution < 1.29 is 9.53 Å². The Morgan fingerprint density at radius 2 is 2.07 bits per heavy atom. The number of nitrogens with one attached hydrogen (secondary N) is 1. The summed E-state index contributed by atoms with van der Waals surface area (Å²) in [6.45, 7) is 0. The Labute approximate surface area is 88.8 Å². The third-order valence-corrected chi connectivity index (χ3v) is 2.44. The van der Waals surface area contributed by atoms with Gasteiger partial charge in [-0.3, -0.25) is 4.79 Å². The van der Waals surface area contributed by atoms with E-state index in [1.54, 1.807) is 7.11 Å².